The molecule has 0 aliphatic carbocycles. The highest BCUT2D eigenvalue weighted by molar-refractivity contribution is 5.65. The minimum absolute atomic E-state index is 0.322. The molecule has 0 saturated heterocycles. The zero-order valence-corrected chi connectivity index (χ0v) is 8.20. The van der Waals surface area contributed by atoms with Crippen LogP contribution in [0.15, 0.2) is 24.3 Å². The summed E-state index contributed by atoms with van der Waals surface area (Å²) in [6.07, 6.45) is 0. The second-order valence-electron chi connectivity index (χ2n) is 3.27. The van der Waals surface area contributed by atoms with Crippen molar-refractivity contribution < 1.29 is 22.0 Å². The third-order valence-corrected chi connectivity index (χ3v) is 2.17. The molecule has 0 N–H and O–H groups in total. The Morgan fingerprint density at radius 1 is 0.824 bits per heavy atom. The van der Waals surface area contributed by atoms with Crippen LogP contribution in [-0.4, -0.2) is 0 Å². The minimum atomic E-state index is -1.47. The molecule has 0 aliphatic heterocycles. The Morgan fingerprint density at radius 3 is 2.24 bits per heavy atom. The lowest BCUT2D eigenvalue weighted by Gasteiger charge is -2.06. The summed E-state index contributed by atoms with van der Waals surface area (Å²) in [5.74, 6) is -6.72. The maximum absolute atomic E-state index is 13.3. The van der Waals surface area contributed by atoms with Crippen LogP contribution in [0.5, 0.6) is 0 Å². The summed E-state index contributed by atoms with van der Waals surface area (Å²) in [5.41, 5.74) is -1.23. The number of halogens is 5. The zero-order valence-electron chi connectivity index (χ0n) is 8.20. The van der Waals surface area contributed by atoms with Gasteiger partial charge in [-0.25, -0.2) is 22.0 Å². The Hall–Kier alpha value is -1.91. The van der Waals surface area contributed by atoms with Gasteiger partial charge in [0.1, 0.15) is 5.82 Å². The average Bonchev–Trinajstić information content (AvgIpc) is 2.27. The Bertz CT molecular complexity index is 577. The van der Waals surface area contributed by atoms with Gasteiger partial charge >= 0.3 is 0 Å². The normalized spacial score (nSPS) is 10.6. The zero-order chi connectivity index (χ0) is 12.6. The maximum atomic E-state index is 13.3. The van der Waals surface area contributed by atoms with E-state index in [1.807, 2.05) is 6.07 Å². The van der Waals surface area contributed by atoms with Crippen LogP contribution >= 0.6 is 0 Å². The Balaban J connectivity index is 2.73. The highest BCUT2D eigenvalue weighted by Gasteiger charge is 2.17. The SMILES string of the molecule is Fc1cc(F)c(F)c(-c2cc[c]c(F)c2F)c1. The van der Waals surface area contributed by atoms with Crippen LogP contribution in [0.25, 0.3) is 11.1 Å². The predicted octanol–water partition coefficient (Wildman–Crippen LogP) is 3.85. The maximum Gasteiger partial charge on any atom is 0.167 e. The van der Waals surface area contributed by atoms with Crippen molar-refractivity contribution in [2.75, 3.05) is 0 Å². The van der Waals surface area contributed by atoms with E-state index in [1.54, 1.807) is 0 Å². The van der Waals surface area contributed by atoms with Crippen molar-refractivity contribution in [2.24, 2.45) is 0 Å². The molecule has 87 valence electrons. The first-order valence-corrected chi connectivity index (χ1v) is 4.51. The van der Waals surface area contributed by atoms with Crippen molar-refractivity contribution in [2.45, 2.75) is 0 Å². The van der Waals surface area contributed by atoms with Crippen LogP contribution in [0.1, 0.15) is 0 Å². The Labute approximate surface area is 93.3 Å². The van der Waals surface area contributed by atoms with Gasteiger partial charge in [-0.2, -0.15) is 0 Å². The third kappa shape index (κ3) is 2.00. The molecule has 0 amide bonds. The van der Waals surface area contributed by atoms with Gasteiger partial charge in [0.25, 0.3) is 0 Å². The van der Waals surface area contributed by atoms with E-state index in [2.05, 4.69) is 0 Å². The van der Waals surface area contributed by atoms with Gasteiger partial charge in [0, 0.05) is 23.3 Å². The summed E-state index contributed by atoms with van der Waals surface area (Å²) in [6.45, 7) is 0. The molecule has 1 radical (unpaired) electrons. The van der Waals surface area contributed by atoms with Crippen molar-refractivity contribution in [3.05, 3.63) is 59.4 Å². The number of benzene rings is 2. The van der Waals surface area contributed by atoms with Gasteiger partial charge in [0.15, 0.2) is 23.3 Å². The molecule has 0 heterocycles. The van der Waals surface area contributed by atoms with Gasteiger partial charge in [0.2, 0.25) is 0 Å². The van der Waals surface area contributed by atoms with Crippen molar-refractivity contribution >= 4 is 0 Å². The summed E-state index contributed by atoms with van der Waals surface area (Å²) in [6, 6.07) is 4.80. The Morgan fingerprint density at radius 2 is 1.53 bits per heavy atom. The molecule has 0 nitrogen and oxygen atoms in total. The number of hydrogen-bond donors (Lipinski definition) is 0. The third-order valence-electron chi connectivity index (χ3n) is 2.17. The first kappa shape index (κ1) is 11.6. The van der Waals surface area contributed by atoms with Gasteiger partial charge < -0.3 is 0 Å². The van der Waals surface area contributed by atoms with Crippen LogP contribution in [-0.2, 0) is 0 Å². The summed E-state index contributed by atoms with van der Waals surface area (Å²) in [5, 5.41) is 0. The fourth-order valence-electron chi connectivity index (χ4n) is 1.41. The van der Waals surface area contributed by atoms with Crippen LogP contribution in [0.3, 0.4) is 0 Å². The Kier molecular flexibility index (Phi) is 2.83. The molecule has 0 aromatic heterocycles. The smallest absolute Gasteiger partial charge is 0.167 e. The highest BCUT2D eigenvalue weighted by Crippen LogP contribution is 2.28. The quantitative estimate of drug-likeness (QED) is 0.527. The monoisotopic (exact) mass is 243 g/mol. The molecule has 0 saturated carbocycles. The largest absolute Gasteiger partial charge is 0.207 e. The first-order valence-electron chi connectivity index (χ1n) is 4.51. The molecule has 17 heavy (non-hydrogen) atoms. The first-order chi connectivity index (χ1) is 8.00. The van der Waals surface area contributed by atoms with Crippen LogP contribution < -0.4 is 0 Å². The molecule has 2 rings (SSSR count). The molecular formula is C12H4F5. The van der Waals surface area contributed by atoms with Crippen LogP contribution in [0.4, 0.5) is 22.0 Å². The van der Waals surface area contributed by atoms with Crippen molar-refractivity contribution in [1.82, 2.24) is 0 Å². The van der Waals surface area contributed by atoms with Gasteiger partial charge in [-0.3, -0.25) is 0 Å². The van der Waals surface area contributed by atoms with E-state index in [-0.39, 0.29) is 0 Å². The molecule has 5 heteroatoms. The average molecular weight is 243 g/mol. The lowest BCUT2D eigenvalue weighted by molar-refractivity contribution is 0.492. The molecule has 0 atom stereocenters. The molecule has 0 spiro atoms. The van der Waals surface area contributed by atoms with E-state index in [1.165, 1.54) is 0 Å². The minimum Gasteiger partial charge on any atom is -0.207 e. The van der Waals surface area contributed by atoms with Gasteiger partial charge in [-0.15, -0.1) is 0 Å². The molecule has 0 aliphatic rings. The van der Waals surface area contributed by atoms with Crippen molar-refractivity contribution in [3.8, 4) is 11.1 Å². The highest BCUT2D eigenvalue weighted by atomic mass is 19.2. The molecule has 0 fully saturated rings. The molecule has 0 bridgehead atoms. The van der Waals surface area contributed by atoms with Gasteiger partial charge in [-0.05, 0) is 6.07 Å². The van der Waals surface area contributed by atoms with E-state index in [0.29, 0.717) is 12.1 Å². The van der Waals surface area contributed by atoms with Crippen molar-refractivity contribution in [3.63, 3.8) is 0 Å². The molecule has 2 aromatic carbocycles. The molecule has 0 unspecified atom stereocenters. The second kappa shape index (κ2) is 4.16. The van der Waals surface area contributed by atoms with Crippen molar-refractivity contribution in [1.29, 1.82) is 0 Å². The standard InChI is InChI=1S/C12H4F5/c13-6-4-8(12(17)10(15)5-6)7-2-1-3-9(14)11(7)16/h1-2,4-5H. The van der Waals surface area contributed by atoms with E-state index in [4.69, 9.17) is 0 Å². The van der Waals surface area contributed by atoms with Gasteiger partial charge in [0.05, 0.1) is 0 Å². The van der Waals surface area contributed by atoms with E-state index in [9.17, 15) is 22.0 Å². The molecular weight excluding hydrogens is 239 g/mol. The lowest BCUT2D eigenvalue weighted by atomic mass is 10.0. The van der Waals surface area contributed by atoms with Crippen LogP contribution in [0, 0.1) is 35.2 Å². The topological polar surface area (TPSA) is 0 Å². The molecule has 2 aromatic rings. The number of hydrogen-bond acceptors (Lipinski definition) is 0. The predicted molar refractivity (Wildman–Crippen MR) is 50.5 cm³/mol. The second-order valence-corrected chi connectivity index (χ2v) is 3.27. The van der Waals surface area contributed by atoms with E-state index in [0.717, 1.165) is 12.1 Å². The van der Waals surface area contributed by atoms with Gasteiger partial charge in [-0.1, -0.05) is 12.1 Å². The fourth-order valence-corrected chi connectivity index (χ4v) is 1.41. The summed E-state index contributed by atoms with van der Waals surface area (Å²) >= 11 is 0. The number of rotatable bonds is 1. The van der Waals surface area contributed by atoms with E-state index < -0.39 is 40.2 Å². The van der Waals surface area contributed by atoms with E-state index >= 15 is 0 Å². The summed E-state index contributed by atoms with van der Waals surface area (Å²) in [7, 11) is 0. The lowest BCUT2D eigenvalue weighted by Crippen LogP contribution is -1.96. The fraction of sp³-hybridized carbons (Fsp3) is 0. The summed E-state index contributed by atoms with van der Waals surface area (Å²) in [4.78, 5) is 0. The summed E-state index contributed by atoms with van der Waals surface area (Å²) < 4.78 is 65.3. The van der Waals surface area contributed by atoms with Crippen LogP contribution in [0.2, 0.25) is 0 Å².